The Labute approximate surface area is 104 Å². The molecule has 0 atom stereocenters. The van der Waals surface area contributed by atoms with Gasteiger partial charge in [0.25, 0.3) is 0 Å². The van der Waals surface area contributed by atoms with Gasteiger partial charge in [0, 0.05) is 6.54 Å². The Morgan fingerprint density at radius 1 is 1.29 bits per heavy atom. The number of carbonyl (C=O) groups is 1. The molecule has 0 aromatic rings. The van der Waals surface area contributed by atoms with Crippen LogP contribution in [-0.2, 0) is 4.79 Å². The van der Waals surface area contributed by atoms with E-state index < -0.39 is 5.41 Å². The monoisotopic (exact) mass is 234 g/mol. The predicted octanol–water partition coefficient (Wildman–Crippen LogP) is 2.93. The van der Waals surface area contributed by atoms with Crippen LogP contribution in [-0.4, -0.2) is 12.5 Å². The number of hydrogen-bond donors (Lipinski definition) is 1. The number of allylic oxidation sites excluding steroid dienone is 1. The molecule has 17 heavy (non-hydrogen) atoms. The number of nitrogens with zero attached hydrogens (tertiary/aromatic N) is 1. The van der Waals surface area contributed by atoms with Gasteiger partial charge in [0.05, 0.1) is 6.07 Å². The van der Waals surface area contributed by atoms with Crippen LogP contribution in [0.2, 0.25) is 0 Å². The van der Waals surface area contributed by atoms with Crippen LogP contribution in [0.1, 0.15) is 52.4 Å². The molecule has 0 aromatic heterocycles. The molecule has 1 aliphatic rings. The van der Waals surface area contributed by atoms with Gasteiger partial charge < -0.3 is 5.32 Å². The zero-order chi connectivity index (χ0) is 12.7. The van der Waals surface area contributed by atoms with Crippen molar-refractivity contribution in [1.82, 2.24) is 5.32 Å². The van der Waals surface area contributed by atoms with E-state index in [4.69, 9.17) is 0 Å². The normalized spacial score (nSPS) is 18.6. The summed E-state index contributed by atoms with van der Waals surface area (Å²) in [5, 5.41) is 12.2. The Morgan fingerprint density at radius 3 is 2.35 bits per heavy atom. The molecular formula is C14H22N2O. The van der Waals surface area contributed by atoms with Gasteiger partial charge in [-0.15, -0.1) is 0 Å². The first-order valence-corrected chi connectivity index (χ1v) is 6.44. The van der Waals surface area contributed by atoms with E-state index in [0.717, 1.165) is 25.7 Å². The quantitative estimate of drug-likeness (QED) is 0.603. The summed E-state index contributed by atoms with van der Waals surface area (Å²) in [5.74, 6) is -0.0839. The minimum Gasteiger partial charge on any atom is -0.351 e. The van der Waals surface area contributed by atoms with E-state index in [-0.39, 0.29) is 5.91 Å². The first-order valence-electron chi connectivity index (χ1n) is 6.44. The van der Waals surface area contributed by atoms with Gasteiger partial charge in [0.15, 0.2) is 0 Å². The summed E-state index contributed by atoms with van der Waals surface area (Å²) >= 11 is 0. The molecular weight excluding hydrogens is 212 g/mol. The maximum absolute atomic E-state index is 12.1. The summed E-state index contributed by atoms with van der Waals surface area (Å²) in [6.45, 7) is 4.53. The third-order valence-corrected chi connectivity index (χ3v) is 3.38. The SMILES string of the molecule is CC(C)=CCNC(=O)C1(C#N)CCCCCC1. The van der Waals surface area contributed by atoms with Crippen molar-refractivity contribution in [3.63, 3.8) is 0 Å². The Kier molecular flexibility index (Phi) is 5.21. The average Bonchev–Trinajstić information content (AvgIpc) is 2.54. The molecule has 94 valence electrons. The third-order valence-electron chi connectivity index (χ3n) is 3.38. The number of amides is 1. The van der Waals surface area contributed by atoms with Gasteiger partial charge in [0.1, 0.15) is 5.41 Å². The van der Waals surface area contributed by atoms with Crippen molar-refractivity contribution in [2.24, 2.45) is 5.41 Å². The van der Waals surface area contributed by atoms with Gasteiger partial charge in [-0.05, 0) is 26.7 Å². The van der Waals surface area contributed by atoms with Crippen LogP contribution >= 0.6 is 0 Å². The van der Waals surface area contributed by atoms with Crippen molar-refractivity contribution >= 4 is 5.91 Å². The fourth-order valence-electron chi connectivity index (χ4n) is 2.24. The van der Waals surface area contributed by atoms with Crippen molar-refractivity contribution in [1.29, 1.82) is 5.26 Å². The first-order chi connectivity index (χ1) is 8.10. The third kappa shape index (κ3) is 3.89. The fraction of sp³-hybridized carbons (Fsp3) is 0.714. The molecule has 1 amide bonds. The lowest BCUT2D eigenvalue weighted by molar-refractivity contribution is -0.128. The van der Waals surface area contributed by atoms with Crippen molar-refractivity contribution in [3.8, 4) is 6.07 Å². The second-order valence-corrected chi connectivity index (χ2v) is 5.10. The lowest BCUT2D eigenvalue weighted by Crippen LogP contribution is -2.40. The summed E-state index contributed by atoms with van der Waals surface area (Å²) in [7, 11) is 0. The smallest absolute Gasteiger partial charge is 0.240 e. The zero-order valence-corrected chi connectivity index (χ0v) is 10.9. The summed E-state index contributed by atoms with van der Waals surface area (Å²) in [6, 6.07) is 2.26. The van der Waals surface area contributed by atoms with Gasteiger partial charge in [-0.25, -0.2) is 0 Å². The Balaban J connectivity index is 2.62. The summed E-state index contributed by atoms with van der Waals surface area (Å²) in [6.07, 6.45) is 7.66. The Morgan fingerprint density at radius 2 is 1.88 bits per heavy atom. The maximum Gasteiger partial charge on any atom is 0.240 e. The molecule has 0 aliphatic heterocycles. The molecule has 3 heteroatoms. The highest BCUT2D eigenvalue weighted by atomic mass is 16.2. The van der Waals surface area contributed by atoms with E-state index in [9.17, 15) is 10.1 Å². The largest absolute Gasteiger partial charge is 0.351 e. The Hall–Kier alpha value is -1.30. The number of rotatable bonds is 3. The van der Waals surface area contributed by atoms with E-state index in [1.165, 1.54) is 5.57 Å². The summed E-state index contributed by atoms with van der Waals surface area (Å²) in [5.41, 5.74) is 0.406. The minimum absolute atomic E-state index is 0.0839. The Bertz CT molecular complexity index is 327. The molecule has 0 radical (unpaired) electrons. The molecule has 1 rings (SSSR count). The molecule has 0 aromatic carbocycles. The van der Waals surface area contributed by atoms with Crippen LogP contribution in [0.15, 0.2) is 11.6 Å². The van der Waals surface area contributed by atoms with Crippen LogP contribution in [0.4, 0.5) is 0 Å². The van der Waals surface area contributed by atoms with Crippen LogP contribution in [0.3, 0.4) is 0 Å². The lowest BCUT2D eigenvalue weighted by atomic mass is 9.81. The van der Waals surface area contributed by atoms with E-state index in [1.54, 1.807) is 0 Å². The zero-order valence-electron chi connectivity index (χ0n) is 10.9. The van der Waals surface area contributed by atoms with Gasteiger partial charge in [0.2, 0.25) is 5.91 Å². The van der Waals surface area contributed by atoms with Crippen molar-refractivity contribution in [2.45, 2.75) is 52.4 Å². The second kappa shape index (κ2) is 6.44. The molecule has 0 unspecified atom stereocenters. The average molecular weight is 234 g/mol. The number of nitrogens with one attached hydrogen (secondary N) is 1. The molecule has 3 nitrogen and oxygen atoms in total. The van der Waals surface area contributed by atoms with Gasteiger partial charge in [-0.1, -0.05) is 37.3 Å². The fourth-order valence-corrected chi connectivity index (χ4v) is 2.24. The van der Waals surface area contributed by atoms with E-state index in [1.807, 2.05) is 19.9 Å². The predicted molar refractivity (Wildman–Crippen MR) is 68.2 cm³/mol. The first kappa shape index (κ1) is 13.8. The molecule has 0 spiro atoms. The number of carbonyl (C=O) groups excluding carboxylic acids is 1. The standard InChI is InChI=1S/C14H22N2O/c1-12(2)7-10-16-13(17)14(11-15)8-5-3-4-6-9-14/h7H,3-6,8-10H2,1-2H3,(H,16,17). The van der Waals surface area contributed by atoms with Crippen LogP contribution in [0.5, 0.6) is 0 Å². The van der Waals surface area contributed by atoms with E-state index in [0.29, 0.717) is 19.4 Å². The van der Waals surface area contributed by atoms with Crippen LogP contribution in [0.25, 0.3) is 0 Å². The number of hydrogen-bond acceptors (Lipinski definition) is 2. The van der Waals surface area contributed by atoms with Crippen LogP contribution in [0, 0.1) is 16.7 Å². The van der Waals surface area contributed by atoms with Gasteiger partial charge in [-0.3, -0.25) is 4.79 Å². The van der Waals surface area contributed by atoms with Crippen molar-refractivity contribution in [3.05, 3.63) is 11.6 Å². The number of nitriles is 1. The van der Waals surface area contributed by atoms with Crippen molar-refractivity contribution < 1.29 is 4.79 Å². The minimum atomic E-state index is -0.772. The van der Waals surface area contributed by atoms with E-state index >= 15 is 0 Å². The highest BCUT2D eigenvalue weighted by molar-refractivity contribution is 5.85. The highest BCUT2D eigenvalue weighted by Crippen LogP contribution is 2.34. The molecule has 0 saturated heterocycles. The highest BCUT2D eigenvalue weighted by Gasteiger charge is 2.38. The maximum atomic E-state index is 12.1. The van der Waals surface area contributed by atoms with E-state index in [2.05, 4.69) is 11.4 Å². The van der Waals surface area contributed by atoms with Gasteiger partial charge in [-0.2, -0.15) is 5.26 Å². The molecule has 1 saturated carbocycles. The van der Waals surface area contributed by atoms with Crippen LogP contribution < -0.4 is 5.32 Å². The molecule has 0 bridgehead atoms. The molecule has 0 heterocycles. The lowest BCUT2D eigenvalue weighted by Gasteiger charge is -2.23. The molecule has 1 N–H and O–H groups in total. The summed E-state index contributed by atoms with van der Waals surface area (Å²) in [4.78, 5) is 12.1. The van der Waals surface area contributed by atoms with Crippen molar-refractivity contribution in [2.75, 3.05) is 6.54 Å². The van der Waals surface area contributed by atoms with Gasteiger partial charge >= 0.3 is 0 Å². The molecule has 1 aliphatic carbocycles. The summed E-state index contributed by atoms with van der Waals surface area (Å²) < 4.78 is 0. The topological polar surface area (TPSA) is 52.9 Å². The molecule has 1 fully saturated rings. The second-order valence-electron chi connectivity index (χ2n) is 5.10.